The third-order valence-corrected chi connectivity index (χ3v) is 30.7. The predicted molar refractivity (Wildman–Crippen MR) is 515 cm³/mol. The second kappa shape index (κ2) is 40.1. The van der Waals surface area contributed by atoms with Crippen molar-refractivity contribution >= 4 is 84.3 Å². The summed E-state index contributed by atoms with van der Waals surface area (Å²) in [7, 11) is 0. The molecule has 17 heterocycles. The van der Waals surface area contributed by atoms with Crippen molar-refractivity contribution < 1.29 is 35.1 Å². The lowest BCUT2D eigenvalue weighted by Gasteiger charge is -2.40. The normalized spacial score (nSPS) is 25.3. The number of likely N-dealkylation sites (tertiary alicyclic amines) is 3. The number of H-pyrrole nitrogens is 5. The lowest BCUT2D eigenvalue weighted by Crippen LogP contribution is -2.50. The van der Waals surface area contributed by atoms with Crippen LogP contribution in [0, 0.1) is 42.4 Å². The molecule has 4 unspecified atom stereocenters. The average molecular weight is 1900 g/mol. The molecular formula is C101H114F8N30. The summed E-state index contributed by atoms with van der Waals surface area (Å²) in [5, 5.41) is 56.7. The van der Waals surface area contributed by atoms with Crippen LogP contribution in [0.1, 0.15) is 123 Å². The van der Waals surface area contributed by atoms with Gasteiger partial charge in [0, 0.05) is 122 Å². The van der Waals surface area contributed by atoms with E-state index in [0.717, 1.165) is 176 Å². The topological polar surface area (TPSA) is 349 Å². The molecule has 0 radical (unpaired) electrons. The van der Waals surface area contributed by atoms with E-state index in [0.29, 0.717) is 71.3 Å². The summed E-state index contributed by atoms with van der Waals surface area (Å²) in [6.45, 7) is 7.45. The number of aromatic nitrogens is 20. The molecule has 0 amide bonds. The Morgan fingerprint density at radius 2 is 0.583 bits per heavy atom. The molecule has 5 aromatic carbocycles. The molecule has 0 spiro atoms. The number of hydrogen-bond donors (Lipinski definition) is 10. The highest BCUT2D eigenvalue weighted by atomic mass is 19.3. The van der Waals surface area contributed by atoms with Gasteiger partial charge in [-0.15, -0.1) is 0 Å². The lowest BCUT2D eigenvalue weighted by molar-refractivity contribution is -0.0581. The van der Waals surface area contributed by atoms with Crippen LogP contribution >= 0.6 is 0 Å². The van der Waals surface area contributed by atoms with E-state index in [9.17, 15) is 35.1 Å². The van der Waals surface area contributed by atoms with Crippen LogP contribution in [0.15, 0.2) is 208 Å². The van der Waals surface area contributed by atoms with Crippen LogP contribution in [0.25, 0.3) is 55.2 Å². The smallest absolute Gasteiger partial charge is 0.285 e. The second-order valence-corrected chi connectivity index (χ2v) is 39.4. The van der Waals surface area contributed by atoms with Crippen LogP contribution in [-0.2, 0) is 30.1 Å². The molecule has 10 fully saturated rings. The number of anilines is 5. The summed E-state index contributed by atoms with van der Waals surface area (Å²) in [5.74, 6) is -4.28. The zero-order valence-electron chi connectivity index (χ0n) is 77.1. The van der Waals surface area contributed by atoms with Gasteiger partial charge in [-0.1, -0.05) is 151 Å². The van der Waals surface area contributed by atoms with Gasteiger partial charge in [0.25, 0.3) is 23.7 Å². The van der Waals surface area contributed by atoms with Crippen molar-refractivity contribution in [2.45, 2.75) is 181 Å². The molecule has 3 saturated carbocycles. The Morgan fingerprint density at radius 1 is 0.302 bits per heavy atom. The monoisotopic (exact) mass is 1900 g/mol. The number of aromatic amines is 5. The van der Waals surface area contributed by atoms with Gasteiger partial charge in [0.2, 0.25) is 0 Å². The molecule has 724 valence electrons. The van der Waals surface area contributed by atoms with E-state index in [-0.39, 0.29) is 96.8 Å². The fraction of sp³-hybridized carbons (Fsp3) is 0.455. The van der Waals surface area contributed by atoms with E-state index >= 15 is 0 Å². The van der Waals surface area contributed by atoms with Crippen molar-refractivity contribution in [1.29, 1.82) is 0 Å². The largest absolute Gasteiger partial charge is 0.367 e. The van der Waals surface area contributed by atoms with Crippen LogP contribution in [0.4, 0.5) is 64.2 Å². The molecule has 10 N–H and O–H groups in total. The van der Waals surface area contributed by atoms with Gasteiger partial charge in [-0.3, -0.25) is 45.1 Å². The Morgan fingerprint density at radius 3 is 0.906 bits per heavy atom. The highest BCUT2D eigenvalue weighted by molar-refractivity contribution is 5.88. The molecule has 3 aliphatic carbocycles. The number of fused-ring (bicyclic) bond motifs is 12. The maximum Gasteiger partial charge on any atom is 0.285 e. The van der Waals surface area contributed by atoms with Gasteiger partial charge < -0.3 is 31.5 Å². The molecule has 30 nitrogen and oxygen atoms in total. The van der Waals surface area contributed by atoms with E-state index < -0.39 is 23.7 Å². The number of aryl methyl sites for hydroxylation is 1. The quantitative estimate of drug-likeness (QED) is 0.0238. The zero-order chi connectivity index (χ0) is 94.8. The highest BCUT2D eigenvalue weighted by Gasteiger charge is 2.52. The van der Waals surface area contributed by atoms with E-state index in [1.54, 1.807) is 110 Å². The average Bonchev–Trinajstić information content (AvgIpc) is 1.59. The molecule has 15 aromatic rings. The summed E-state index contributed by atoms with van der Waals surface area (Å²) in [4.78, 5) is 53.3. The Kier molecular flexibility index (Phi) is 26.7. The zero-order valence-corrected chi connectivity index (χ0v) is 77.1. The SMILES string of the molecule is Cc1ccc(C(F)(F)CN2C[C@@H]3CC[C@@H](Nc4ncnc5[nH]ncc45)[C@@H]3C2)cc1.FC(F)(CN1C2CCC1CC(Nc1ncnc3[nH]ncc13)C2)c1ccccc1.FC(F)(CN1C2CCC1CC(Nc1ncnc3[nH]ncc13)C2)c1ccccc1.FC(F)(CN1C[C@@H]2CC[C@@H](Nc3ncnc4[nH]ncc34)[C@@H]2C1)c1ccccc1.c1ccc(CCN2C[C@@H]3CC[C@@H](Nc4ncnc5[nH]ncc45)[C@@H]3C2)cc1. The van der Waals surface area contributed by atoms with Crippen LogP contribution in [0.3, 0.4) is 0 Å². The third kappa shape index (κ3) is 20.6. The van der Waals surface area contributed by atoms with E-state index in [1.807, 2.05) is 32.7 Å². The van der Waals surface area contributed by atoms with Crippen molar-refractivity contribution in [3.63, 3.8) is 0 Å². The van der Waals surface area contributed by atoms with Crippen LogP contribution < -0.4 is 26.6 Å². The van der Waals surface area contributed by atoms with Crippen molar-refractivity contribution in [2.24, 2.45) is 35.5 Å². The first kappa shape index (κ1) is 92.4. The molecule has 38 heteroatoms. The Hall–Kier alpha value is -12.9. The number of benzene rings is 5. The first-order valence-corrected chi connectivity index (χ1v) is 48.7. The van der Waals surface area contributed by atoms with E-state index in [2.05, 4.69) is 163 Å². The van der Waals surface area contributed by atoms with Crippen molar-refractivity contribution in [3.8, 4) is 0 Å². The first-order valence-electron chi connectivity index (χ1n) is 48.7. The number of hydrogen-bond acceptors (Lipinski definition) is 25. The molecule has 7 aliphatic heterocycles. The van der Waals surface area contributed by atoms with Gasteiger partial charge in [-0.25, -0.2) is 49.8 Å². The fourth-order valence-corrected chi connectivity index (χ4v) is 23.8. The molecule has 7 saturated heterocycles. The Labute approximate surface area is 797 Å². The van der Waals surface area contributed by atoms with Gasteiger partial charge in [-0.05, 0) is 144 Å². The van der Waals surface area contributed by atoms with Gasteiger partial charge in [0.1, 0.15) is 60.7 Å². The molecule has 10 aromatic heterocycles. The predicted octanol–water partition coefficient (Wildman–Crippen LogP) is 16.7. The standard InChI is InChI=1S/C21H24F2N6.3C20H22F2N6.C20H24N6/c1-13-2-5-15(6-3-13)21(22,23)11-29-9-14-4-7-18(17(14)10-29)27-19-16-8-26-28-20(16)25-12-24-19;21-20(22,14-4-2-1-3-5-14)11-28-9-13-6-7-17(16(13)10-28)26-18-15-8-25-27-19(15)24-12-23-18;2*21-20(22,13-4-2-1-3-5-13)11-28-15-6-7-16(28)9-14(8-15)26-18-17-10-25-27-19(17)24-12-23-18;1-2-4-14(5-3-1)8-9-26-11-15-6-7-18(17(15)12-26)24-19-16-10-23-25-20(16)22-13-21-19/h2-3,5-6,8,12,14,17-18H,4,7,9-11H2,1H3,(H2,24,25,26,27,28);1-5,8,12-13,16-17H,6-7,9-11H2,(H2,23,24,25,26,27);2*1-5,10,12,14-16H,6-9,11H2,(H2,23,24,25,26,27);1-5,10,13,15,17-18H,6-9,11-12H2,(H2,21,22,23,24,25)/t14-,17+,18+;13-,16+,17+;;;15-,17+,18+/m00..0/s1. The molecule has 13 atom stereocenters. The van der Waals surface area contributed by atoms with Gasteiger partial charge >= 0.3 is 0 Å². The van der Waals surface area contributed by atoms with Crippen LogP contribution in [0.2, 0.25) is 0 Å². The third-order valence-electron chi connectivity index (χ3n) is 30.7. The van der Waals surface area contributed by atoms with Gasteiger partial charge in [0.15, 0.2) is 28.2 Å². The van der Waals surface area contributed by atoms with Gasteiger partial charge in [-0.2, -0.15) is 60.6 Å². The Bertz CT molecular complexity index is 6390. The van der Waals surface area contributed by atoms with Crippen molar-refractivity contribution in [3.05, 3.63) is 242 Å². The first-order chi connectivity index (χ1) is 67.7. The van der Waals surface area contributed by atoms with Crippen molar-refractivity contribution in [1.82, 2.24) is 125 Å². The number of nitrogens with one attached hydrogen (secondary N) is 10. The maximum atomic E-state index is 14.8. The van der Waals surface area contributed by atoms with Crippen LogP contribution in [0.5, 0.6) is 0 Å². The van der Waals surface area contributed by atoms with Crippen LogP contribution in [-0.4, -0.2) is 252 Å². The highest BCUT2D eigenvalue weighted by Crippen LogP contribution is 2.48. The summed E-state index contributed by atoms with van der Waals surface area (Å²) < 4.78 is 118. The summed E-state index contributed by atoms with van der Waals surface area (Å²) in [5.41, 5.74) is 6.38. The van der Waals surface area contributed by atoms with E-state index in [4.69, 9.17) is 0 Å². The van der Waals surface area contributed by atoms with Crippen molar-refractivity contribution in [2.75, 3.05) is 98.6 Å². The number of halogens is 8. The Balaban J connectivity index is 0.000000103. The molecular weight excluding hydrogens is 1790 g/mol. The molecule has 10 aliphatic rings. The minimum Gasteiger partial charge on any atom is -0.367 e. The summed E-state index contributed by atoms with van der Waals surface area (Å²) in [6.07, 6.45) is 31.4. The number of nitrogens with zero attached hydrogens (tertiary/aromatic N) is 20. The maximum absolute atomic E-state index is 14.8. The molecule has 139 heavy (non-hydrogen) atoms. The van der Waals surface area contributed by atoms with Gasteiger partial charge in [0.05, 0.1) is 84.1 Å². The second-order valence-electron chi connectivity index (χ2n) is 39.4. The minimum atomic E-state index is -2.84. The summed E-state index contributed by atoms with van der Waals surface area (Å²) in [6, 6.07) is 43.9. The fourth-order valence-electron chi connectivity index (χ4n) is 23.8. The van der Waals surface area contributed by atoms with E-state index in [1.165, 1.54) is 93.2 Å². The molecule has 25 rings (SSSR count). The summed E-state index contributed by atoms with van der Waals surface area (Å²) >= 11 is 0. The molecule has 4 bridgehead atoms. The minimum absolute atomic E-state index is 0.0880. The number of rotatable bonds is 25. The number of alkyl halides is 8. The lowest BCUT2D eigenvalue weighted by atomic mass is 9.95. The number of piperidine rings is 2.